The van der Waals surface area contributed by atoms with Crippen LogP contribution in [-0.4, -0.2) is 43.3 Å². The smallest absolute Gasteiger partial charge is 0.263 e. The van der Waals surface area contributed by atoms with Crippen LogP contribution in [0.15, 0.2) is 67.0 Å². The summed E-state index contributed by atoms with van der Waals surface area (Å²) in [6, 6.07) is 18.4. The van der Waals surface area contributed by atoms with Gasteiger partial charge >= 0.3 is 0 Å². The van der Waals surface area contributed by atoms with Crippen LogP contribution in [0.5, 0.6) is 0 Å². The van der Waals surface area contributed by atoms with E-state index in [1.165, 1.54) is 12.6 Å². The first-order chi connectivity index (χ1) is 15.1. The minimum atomic E-state index is -0.342. The average molecular weight is 409 g/mol. The highest BCUT2D eigenvalue weighted by Crippen LogP contribution is 2.40. The summed E-state index contributed by atoms with van der Waals surface area (Å²) in [5, 5.41) is 9.48. The highest BCUT2D eigenvalue weighted by Gasteiger charge is 2.40. The lowest BCUT2D eigenvalue weighted by Gasteiger charge is -2.20. The molecular weight excluding hydrogens is 390 g/mol. The van der Waals surface area contributed by atoms with Gasteiger partial charge in [0, 0.05) is 29.7 Å². The van der Waals surface area contributed by atoms with Crippen molar-refractivity contribution in [3.63, 3.8) is 0 Å². The van der Waals surface area contributed by atoms with Crippen LogP contribution in [-0.2, 0) is 22.6 Å². The molecule has 7 nitrogen and oxygen atoms in total. The van der Waals surface area contributed by atoms with Crippen molar-refractivity contribution in [1.29, 1.82) is 0 Å². The summed E-state index contributed by atoms with van der Waals surface area (Å²) >= 11 is 0. The largest absolute Gasteiger partial charge is 0.342 e. The van der Waals surface area contributed by atoms with Crippen molar-refractivity contribution in [2.45, 2.75) is 19.0 Å². The number of amides is 2. The van der Waals surface area contributed by atoms with Crippen molar-refractivity contribution in [2.75, 3.05) is 7.05 Å². The molecule has 2 aromatic heterocycles. The molecule has 2 aliphatic heterocycles. The molecule has 2 amide bonds. The number of benzene rings is 2. The summed E-state index contributed by atoms with van der Waals surface area (Å²) in [7, 11) is 1.51. The second-order valence-electron chi connectivity index (χ2n) is 8.06. The summed E-state index contributed by atoms with van der Waals surface area (Å²) in [5.41, 5.74) is 4.17. The van der Waals surface area contributed by atoms with E-state index < -0.39 is 0 Å². The molecule has 4 aromatic rings. The summed E-state index contributed by atoms with van der Waals surface area (Å²) < 4.78 is 3.98. The number of nitrogens with zero attached hydrogens (tertiary/aromatic N) is 5. The maximum Gasteiger partial charge on any atom is 0.263 e. The van der Waals surface area contributed by atoms with Gasteiger partial charge in [0.25, 0.3) is 11.8 Å². The molecule has 4 heterocycles. The van der Waals surface area contributed by atoms with Gasteiger partial charge in [0.05, 0.1) is 29.9 Å². The number of carbonyl (C=O) groups excluding carboxylic acids is 2. The fraction of sp³-hybridized carbons (Fsp3) is 0.167. The van der Waals surface area contributed by atoms with E-state index >= 15 is 0 Å². The number of carbonyl (C=O) groups is 2. The minimum Gasteiger partial charge on any atom is -0.342 e. The summed E-state index contributed by atoms with van der Waals surface area (Å²) in [6.45, 7) is 0.598. The Morgan fingerprint density at radius 1 is 0.935 bits per heavy atom. The van der Waals surface area contributed by atoms with Crippen LogP contribution in [0.2, 0.25) is 0 Å². The molecule has 0 saturated carbocycles. The van der Waals surface area contributed by atoms with Crippen molar-refractivity contribution in [1.82, 2.24) is 24.5 Å². The minimum absolute atomic E-state index is 0.0580. The Balaban J connectivity index is 1.64. The molecule has 31 heavy (non-hydrogen) atoms. The topological polar surface area (TPSA) is 73.0 Å². The van der Waals surface area contributed by atoms with Crippen LogP contribution in [0.3, 0.4) is 0 Å². The first kappa shape index (κ1) is 17.8. The van der Waals surface area contributed by atoms with E-state index in [-0.39, 0.29) is 17.9 Å². The van der Waals surface area contributed by atoms with Crippen molar-refractivity contribution < 1.29 is 9.59 Å². The number of likely N-dealkylation sites (N-methyl/N-ethyl adjacent to an activating group) is 1. The lowest BCUT2D eigenvalue weighted by atomic mass is 9.99. The van der Waals surface area contributed by atoms with Gasteiger partial charge in [-0.3, -0.25) is 14.5 Å². The van der Waals surface area contributed by atoms with Gasteiger partial charge in [0.15, 0.2) is 0 Å². The van der Waals surface area contributed by atoms with Crippen LogP contribution in [0.1, 0.15) is 22.9 Å². The SMILES string of the molecule is CN1C(=O)C2=C(C1=O)c1cn(c3ccccc13)C(Cc1ccccc1)Cn1cc2nn1. The molecule has 0 saturated heterocycles. The molecule has 1 unspecified atom stereocenters. The van der Waals surface area contributed by atoms with Gasteiger partial charge in [0.1, 0.15) is 5.69 Å². The Kier molecular flexibility index (Phi) is 3.74. The van der Waals surface area contributed by atoms with E-state index in [9.17, 15) is 9.59 Å². The van der Waals surface area contributed by atoms with Crippen molar-refractivity contribution in [3.8, 4) is 0 Å². The van der Waals surface area contributed by atoms with Crippen LogP contribution in [0.4, 0.5) is 0 Å². The Morgan fingerprint density at radius 3 is 2.52 bits per heavy atom. The molecule has 152 valence electrons. The molecule has 2 aliphatic rings. The van der Waals surface area contributed by atoms with E-state index in [4.69, 9.17) is 0 Å². The highest BCUT2D eigenvalue weighted by atomic mass is 16.2. The third-order valence-corrected chi connectivity index (χ3v) is 6.20. The summed E-state index contributed by atoms with van der Waals surface area (Å²) in [6.07, 6.45) is 4.59. The van der Waals surface area contributed by atoms with Gasteiger partial charge in [-0.05, 0) is 18.1 Å². The molecule has 7 heteroatoms. The molecule has 0 spiro atoms. The lowest BCUT2D eigenvalue weighted by Crippen LogP contribution is -2.26. The predicted octanol–water partition coefficient (Wildman–Crippen LogP) is 2.94. The molecule has 0 aliphatic carbocycles. The third-order valence-electron chi connectivity index (χ3n) is 6.20. The maximum absolute atomic E-state index is 13.1. The van der Waals surface area contributed by atoms with Crippen molar-refractivity contribution >= 4 is 33.9 Å². The number of imide groups is 1. The third kappa shape index (κ3) is 2.59. The van der Waals surface area contributed by atoms with E-state index in [0.717, 1.165) is 27.8 Å². The number of rotatable bonds is 2. The molecule has 6 rings (SSSR count). The molecule has 0 fully saturated rings. The zero-order chi connectivity index (χ0) is 21.1. The molecule has 1 atom stereocenters. The van der Waals surface area contributed by atoms with Crippen LogP contribution < -0.4 is 0 Å². The van der Waals surface area contributed by atoms with E-state index in [1.807, 2.05) is 42.6 Å². The average Bonchev–Trinajstić information content (AvgIpc) is 3.45. The molecule has 4 bridgehead atoms. The fourth-order valence-electron chi connectivity index (χ4n) is 4.69. The van der Waals surface area contributed by atoms with Crippen LogP contribution in [0.25, 0.3) is 22.0 Å². The number of fused-ring (bicyclic) bond motifs is 9. The van der Waals surface area contributed by atoms with Crippen LogP contribution in [0, 0.1) is 0 Å². The quantitative estimate of drug-likeness (QED) is 0.477. The monoisotopic (exact) mass is 409 g/mol. The number of hydrogen-bond donors (Lipinski definition) is 0. The lowest BCUT2D eigenvalue weighted by molar-refractivity contribution is -0.134. The number of aromatic nitrogens is 4. The van der Waals surface area contributed by atoms with Gasteiger partial charge in [0.2, 0.25) is 0 Å². The summed E-state index contributed by atoms with van der Waals surface area (Å²) in [5.74, 6) is -0.650. The highest BCUT2D eigenvalue weighted by molar-refractivity contribution is 6.49. The predicted molar refractivity (Wildman–Crippen MR) is 116 cm³/mol. The second-order valence-corrected chi connectivity index (χ2v) is 8.06. The Labute approximate surface area is 178 Å². The Morgan fingerprint density at radius 2 is 1.68 bits per heavy atom. The van der Waals surface area contributed by atoms with Gasteiger partial charge < -0.3 is 4.57 Å². The first-order valence-electron chi connectivity index (χ1n) is 10.2. The Hall–Kier alpha value is -4.00. The zero-order valence-corrected chi connectivity index (χ0v) is 16.9. The molecular formula is C24H19N5O2. The van der Waals surface area contributed by atoms with Crippen molar-refractivity contribution in [3.05, 3.63) is 83.8 Å². The molecule has 0 N–H and O–H groups in total. The second kappa shape index (κ2) is 6.50. The zero-order valence-electron chi connectivity index (χ0n) is 16.9. The van der Waals surface area contributed by atoms with Gasteiger partial charge in [-0.1, -0.05) is 53.7 Å². The Bertz CT molecular complexity index is 1400. The van der Waals surface area contributed by atoms with E-state index in [1.54, 1.807) is 10.9 Å². The number of para-hydroxylation sites is 1. The maximum atomic E-state index is 13.1. The van der Waals surface area contributed by atoms with Gasteiger partial charge in [-0.25, -0.2) is 4.68 Å². The van der Waals surface area contributed by atoms with Gasteiger partial charge in [-0.2, -0.15) is 0 Å². The number of hydrogen-bond acceptors (Lipinski definition) is 4. The van der Waals surface area contributed by atoms with Crippen LogP contribution >= 0.6 is 0 Å². The van der Waals surface area contributed by atoms with Gasteiger partial charge in [-0.15, -0.1) is 5.10 Å². The molecule has 0 radical (unpaired) electrons. The normalized spacial score (nSPS) is 18.1. The van der Waals surface area contributed by atoms with Crippen molar-refractivity contribution in [2.24, 2.45) is 0 Å². The van der Waals surface area contributed by atoms with E-state index in [2.05, 4.69) is 33.1 Å². The fourth-order valence-corrected chi connectivity index (χ4v) is 4.69. The van der Waals surface area contributed by atoms with E-state index in [0.29, 0.717) is 23.4 Å². The first-order valence-corrected chi connectivity index (χ1v) is 10.2. The molecule has 2 aromatic carbocycles. The standard InChI is InChI=1S/C24H19N5O2/c1-27-23(30)21-18-13-29(20-10-6-5-9-17(18)20)16(11-15-7-3-2-4-8-15)12-28-14-19(25-26-28)22(21)24(27)31/h2-10,13-14,16H,11-12H2,1H3. The summed E-state index contributed by atoms with van der Waals surface area (Å²) in [4.78, 5) is 27.2.